The Bertz CT molecular complexity index is 1410. The Morgan fingerprint density at radius 3 is 2.31 bits per heavy atom. The van der Waals surface area contributed by atoms with Gasteiger partial charge in [-0.1, -0.05) is 38.1 Å². The fourth-order valence-electron chi connectivity index (χ4n) is 4.41. The van der Waals surface area contributed by atoms with Crippen LogP contribution in [0.3, 0.4) is 0 Å². The van der Waals surface area contributed by atoms with Crippen LogP contribution in [0.4, 0.5) is 11.4 Å². The molecule has 0 aliphatic carbocycles. The standard InChI is InChI=1S/C27H22N2O7/c1-15(2)16-3-5-17(6-4-16)24-23(25(30)18-7-9-19(10-8-18)29(33)34)26(31)27(32)28(24)20-11-12-21-22(13-20)36-14-35-21/h3-13,15,24,30H,14H2,1-2H3/b25-23+. The molecule has 2 aliphatic heterocycles. The Balaban J connectivity index is 1.67. The summed E-state index contributed by atoms with van der Waals surface area (Å²) in [6.07, 6.45) is 0. The Labute approximate surface area is 206 Å². The van der Waals surface area contributed by atoms with E-state index in [4.69, 9.17) is 9.47 Å². The fraction of sp³-hybridized carbons (Fsp3) is 0.185. The molecule has 2 aliphatic rings. The van der Waals surface area contributed by atoms with Crippen LogP contribution in [0.2, 0.25) is 0 Å². The van der Waals surface area contributed by atoms with Crippen LogP contribution in [0.5, 0.6) is 11.5 Å². The van der Waals surface area contributed by atoms with Crippen molar-refractivity contribution in [2.45, 2.75) is 25.8 Å². The minimum absolute atomic E-state index is 0.0534. The molecule has 0 saturated carbocycles. The predicted octanol–water partition coefficient (Wildman–Crippen LogP) is 5.07. The molecule has 1 saturated heterocycles. The molecule has 1 atom stereocenters. The van der Waals surface area contributed by atoms with Crippen molar-refractivity contribution in [3.8, 4) is 11.5 Å². The molecule has 1 N–H and O–H groups in total. The number of hydrogen-bond acceptors (Lipinski definition) is 7. The number of hydrogen-bond donors (Lipinski definition) is 1. The van der Waals surface area contributed by atoms with Crippen molar-refractivity contribution in [3.63, 3.8) is 0 Å². The number of Topliss-reactive ketones (excluding diaryl/α,β-unsaturated/α-hetero) is 1. The summed E-state index contributed by atoms with van der Waals surface area (Å²) in [7, 11) is 0. The molecule has 0 bridgehead atoms. The van der Waals surface area contributed by atoms with E-state index in [1.807, 2.05) is 24.3 Å². The molecule has 0 spiro atoms. The van der Waals surface area contributed by atoms with Gasteiger partial charge >= 0.3 is 0 Å². The van der Waals surface area contributed by atoms with Gasteiger partial charge in [-0.2, -0.15) is 0 Å². The number of carbonyl (C=O) groups excluding carboxylic acids is 2. The topological polar surface area (TPSA) is 119 Å². The largest absolute Gasteiger partial charge is 0.507 e. The number of nitrogens with zero attached hydrogens (tertiary/aromatic N) is 2. The predicted molar refractivity (Wildman–Crippen MR) is 131 cm³/mol. The summed E-state index contributed by atoms with van der Waals surface area (Å²) in [5, 5.41) is 22.2. The lowest BCUT2D eigenvalue weighted by atomic mass is 9.93. The molecule has 0 radical (unpaired) electrons. The highest BCUT2D eigenvalue weighted by atomic mass is 16.7. The minimum atomic E-state index is -0.929. The Hall–Kier alpha value is -4.66. The summed E-state index contributed by atoms with van der Waals surface area (Å²) in [4.78, 5) is 38.4. The lowest BCUT2D eigenvalue weighted by Gasteiger charge is -2.26. The summed E-state index contributed by atoms with van der Waals surface area (Å²) >= 11 is 0. The number of ether oxygens (including phenoxy) is 2. The van der Waals surface area contributed by atoms with Gasteiger partial charge in [0.05, 0.1) is 16.5 Å². The van der Waals surface area contributed by atoms with Crippen molar-refractivity contribution in [2.24, 2.45) is 0 Å². The molecule has 1 amide bonds. The van der Waals surface area contributed by atoms with Gasteiger partial charge < -0.3 is 14.6 Å². The van der Waals surface area contributed by atoms with Crippen LogP contribution in [0, 0.1) is 10.1 Å². The zero-order chi connectivity index (χ0) is 25.6. The van der Waals surface area contributed by atoms with Crippen LogP contribution < -0.4 is 14.4 Å². The van der Waals surface area contributed by atoms with E-state index in [-0.39, 0.29) is 29.5 Å². The highest BCUT2D eigenvalue weighted by molar-refractivity contribution is 6.51. The van der Waals surface area contributed by atoms with Gasteiger partial charge in [-0.05, 0) is 41.3 Å². The maximum atomic E-state index is 13.3. The number of ketones is 1. The highest BCUT2D eigenvalue weighted by Crippen LogP contribution is 2.45. The number of non-ortho nitro benzene ring substituents is 1. The van der Waals surface area contributed by atoms with Crippen molar-refractivity contribution in [2.75, 3.05) is 11.7 Å². The van der Waals surface area contributed by atoms with Crippen molar-refractivity contribution < 1.29 is 29.1 Å². The summed E-state index contributed by atoms with van der Waals surface area (Å²) in [6.45, 7) is 4.17. The van der Waals surface area contributed by atoms with Crippen molar-refractivity contribution >= 4 is 28.8 Å². The lowest BCUT2D eigenvalue weighted by molar-refractivity contribution is -0.384. The molecule has 9 heteroatoms. The number of nitro benzene ring substituents is 1. The molecular weight excluding hydrogens is 464 g/mol. The Morgan fingerprint density at radius 1 is 1.00 bits per heavy atom. The average molecular weight is 486 g/mol. The molecular formula is C27H22N2O7. The van der Waals surface area contributed by atoms with Crippen molar-refractivity contribution in [1.82, 2.24) is 0 Å². The molecule has 182 valence electrons. The third kappa shape index (κ3) is 3.84. The molecule has 3 aromatic carbocycles. The van der Waals surface area contributed by atoms with Crippen LogP contribution in [-0.4, -0.2) is 28.5 Å². The number of amides is 1. The number of anilines is 1. The number of aliphatic hydroxyl groups excluding tert-OH is 1. The number of carbonyl (C=O) groups is 2. The van der Waals surface area contributed by atoms with E-state index in [2.05, 4.69) is 13.8 Å². The number of nitro groups is 1. The van der Waals surface area contributed by atoms with Crippen LogP contribution in [0.25, 0.3) is 5.76 Å². The van der Waals surface area contributed by atoms with E-state index in [0.29, 0.717) is 22.7 Å². The number of fused-ring (bicyclic) bond motifs is 1. The molecule has 5 rings (SSSR count). The first-order valence-corrected chi connectivity index (χ1v) is 11.3. The molecule has 3 aromatic rings. The second-order valence-electron chi connectivity index (χ2n) is 8.83. The molecule has 0 aromatic heterocycles. The van der Waals surface area contributed by atoms with Gasteiger partial charge in [0.25, 0.3) is 17.4 Å². The second kappa shape index (κ2) is 8.84. The Kier molecular flexibility index (Phi) is 5.68. The van der Waals surface area contributed by atoms with E-state index >= 15 is 0 Å². The maximum absolute atomic E-state index is 13.3. The third-order valence-corrected chi connectivity index (χ3v) is 6.35. The fourth-order valence-corrected chi connectivity index (χ4v) is 4.41. The van der Waals surface area contributed by atoms with E-state index < -0.39 is 28.4 Å². The first kappa shape index (κ1) is 23.1. The number of rotatable bonds is 5. The van der Waals surface area contributed by atoms with E-state index in [1.165, 1.54) is 29.2 Å². The third-order valence-electron chi connectivity index (χ3n) is 6.35. The number of aliphatic hydroxyl groups is 1. The molecule has 9 nitrogen and oxygen atoms in total. The molecule has 1 fully saturated rings. The van der Waals surface area contributed by atoms with Crippen molar-refractivity contribution in [1.29, 1.82) is 0 Å². The summed E-state index contributed by atoms with van der Waals surface area (Å²) in [5.74, 6) is -0.835. The van der Waals surface area contributed by atoms with Crippen LogP contribution >= 0.6 is 0 Å². The molecule has 36 heavy (non-hydrogen) atoms. The second-order valence-corrected chi connectivity index (χ2v) is 8.83. The monoisotopic (exact) mass is 486 g/mol. The zero-order valence-electron chi connectivity index (χ0n) is 19.5. The SMILES string of the molecule is CC(C)c1ccc(C2/C(=C(\O)c3ccc([N+](=O)[O-])cc3)C(=O)C(=O)N2c2ccc3c(c2)OCO3)cc1. The van der Waals surface area contributed by atoms with Gasteiger partial charge in [0, 0.05) is 29.4 Å². The van der Waals surface area contributed by atoms with Gasteiger partial charge in [-0.3, -0.25) is 24.6 Å². The van der Waals surface area contributed by atoms with Gasteiger partial charge in [-0.15, -0.1) is 0 Å². The summed E-state index contributed by atoms with van der Waals surface area (Å²) in [6, 6.07) is 16.7. The minimum Gasteiger partial charge on any atom is -0.507 e. The average Bonchev–Trinajstić information content (AvgIpc) is 3.45. The van der Waals surface area contributed by atoms with Gasteiger partial charge in [0.15, 0.2) is 11.5 Å². The zero-order valence-corrected chi connectivity index (χ0v) is 19.5. The maximum Gasteiger partial charge on any atom is 0.300 e. The first-order chi connectivity index (χ1) is 17.3. The normalized spacial score (nSPS) is 18.2. The van der Waals surface area contributed by atoms with E-state index in [0.717, 1.165) is 5.56 Å². The van der Waals surface area contributed by atoms with Crippen LogP contribution in [0.1, 0.15) is 42.5 Å². The smallest absolute Gasteiger partial charge is 0.300 e. The van der Waals surface area contributed by atoms with Crippen LogP contribution in [0.15, 0.2) is 72.3 Å². The van der Waals surface area contributed by atoms with Gasteiger partial charge in [0.1, 0.15) is 5.76 Å². The number of benzene rings is 3. The van der Waals surface area contributed by atoms with Crippen molar-refractivity contribution in [3.05, 3.63) is 99.1 Å². The first-order valence-electron chi connectivity index (χ1n) is 11.3. The molecule has 1 unspecified atom stereocenters. The summed E-state index contributed by atoms with van der Waals surface area (Å²) < 4.78 is 10.8. The Morgan fingerprint density at radius 2 is 1.67 bits per heavy atom. The highest BCUT2D eigenvalue weighted by Gasteiger charge is 2.47. The van der Waals surface area contributed by atoms with E-state index in [9.17, 15) is 24.8 Å². The van der Waals surface area contributed by atoms with Gasteiger partial charge in [0.2, 0.25) is 6.79 Å². The molecule has 2 heterocycles. The van der Waals surface area contributed by atoms with E-state index in [1.54, 1.807) is 18.2 Å². The lowest BCUT2D eigenvalue weighted by Crippen LogP contribution is -2.29. The van der Waals surface area contributed by atoms with Gasteiger partial charge in [-0.25, -0.2) is 0 Å². The summed E-state index contributed by atoms with van der Waals surface area (Å²) in [5.41, 5.74) is 2.03. The van der Waals surface area contributed by atoms with Crippen LogP contribution in [-0.2, 0) is 9.59 Å². The quantitative estimate of drug-likeness (QED) is 0.176.